The highest BCUT2D eigenvalue weighted by molar-refractivity contribution is 5.79. The molecule has 0 aliphatic rings. The topological polar surface area (TPSA) is 99.4 Å². The van der Waals surface area contributed by atoms with E-state index in [4.69, 9.17) is 15.1 Å². The van der Waals surface area contributed by atoms with Crippen LogP contribution >= 0.6 is 0 Å². The van der Waals surface area contributed by atoms with E-state index in [0.717, 1.165) is 11.1 Å². The van der Waals surface area contributed by atoms with Crippen molar-refractivity contribution in [2.24, 2.45) is 0 Å². The Hall–Kier alpha value is -3.33. The third kappa shape index (κ3) is 5.99. The Bertz CT molecular complexity index is 751. The molecule has 1 atom stereocenters. The molecule has 0 aromatic heterocycles. The molecule has 0 fully saturated rings. The van der Waals surface area contributed by atoms with E-state index in [1.54, 1.807) is 48.5 Å². The number of hydrogen-bond acceptors (Lipinski definition) is 4. The molecule has 0 bridgehead atoms. The maximum absolute atomic E-state index is 12.1. The molecule has 25 heavy (non-hydrogen) atoms. The first kappa shape index (κ1) is 18.0. The molecule has 2 aromatic rings. The lowest BCUT2D eigenvalue weighted by Crippen LogP contribution is -2.33. The van der Waals surface area contributed by atoms with Crippen molar-refractivity contribution in [1.82, 2.24) is 5.32 Å². The summed E-state index contributed by atoms with van der Waals surface area (Å²) < 4.78 is 5.40. The molecule has 0 saturated carbocycles. The zero-order valence-corrected chi connectivity index (χ0v) is 13.5. The van der Waals surface area contributed by atoms with E-state index in [2.05, 4.69) is 11.4 Å². The number of nitriles is 1. The molecule has 6 nitrogen and oxygen atoms in total. The Labute approximate surface area is 145 Å². The summed E-state index contributed by atoms with van der Waals surface area (Å²) in [5.74, 6) is -0.898. The second-order valence-corrected chi connectivity index (χ2v) is 5.40. The molecule has 2 rings (SSSR count). The molecule has 2 N–H and O–H groups in total. The number of nitrogens with zero attached hydrogens (tertiary/aromatic N) is 1. The van der Waals surface area contributed by atoms with Gasteiger partial charge < -0.3 is 15.2 Å². The lowest BCUT2D eigenvalue weighted by Gasteiger charge is -2.17. The van der Waals surface area contributed by atoms with Crippen LogP contribution in [0.1, 0.15) is 23.6 Å². The number of rotatable bonds is 8. The van der Waals surface area contributed by atoms with Gasteiger partial charge in [-0.25, -0.2) is 0 Å². The zero-order valence-electron chi connectivity index (χ0n) is 13.5. The lowest BCUT2D eigenvalue weighted by molar-refractivity contribution is -0.137. The summed E-state index contributed by atoms with van der Waals surface area (Å²) in [6.07, 6.45) is 0.104. The Kier molecular flexibility index (Phi) is 6.55. The smallest absolute Gasteiger partial charge is 0.305 e. The first-order chi connectivity index (χ1) is 12.1. The van der Waals surface area contributed by atoms with Gasteiger partial charge in [-0.05, 0) is 23.3 Å². The Balaban J connectivity index is 1.92. The highest BCUT2D eigenvalue weighted by Crippen LogP contribution is 2.17. The van der Waals surface area contributed by atoms with E-state index < -0.39 is 17.9 Å². The average molecular weight is 338 g/mol. The van der Waals surface area contributed by atoms with Gasteiger partial charge in [0.25, 0.3) is 5.91 Å². The van der Waals surface area contributed by atoms with E-state index in [1.807, 2.05) is 6.07 Å². The van der Waals surface area contributed by atoms with Crippen LogP contribution in [0.3, 0.4) is 0 Å². The van der Waals surface area contributed by atoms with Crippen molar-refractivity contribution < 1.29 is 19.4 Å². The highest BCUT2D eigenvalue weighted by Gasteiger charge is 2.18. The molecule has 6 heteroatoms. The second kappa shape index (κ2) is 9.08. The number of hydrogen-bond donors (Lipinski definition) is 2. The highest BCUT2D eigenvalue weighted by atomic mass is 16.5. The summed E-state index contributed by atoms with van der Waals surface area (Å²) in [5, 5.41) is 20.3. The number of carbonyl (C=O) groups is 2. The summed E-state index contributed by atoms with van der Waals surface area (Å²) in [6, 6.07) is 17.3. The molecule has 0 spiro atoms. The maximum atomic E-state index is 12.1. The van der Waals surface area contributed by atoms with Crippen molar-refractivity contribution >= 4 is 11.9 Å². The summed E-state index contributed by atoms with van der Waals surface area (Å²) in [5.41, 5.74) is 1.59. The monoisotopic (exact) mass is 338 g/mol. The summed E-state index contributed by atoms with van der Waals surface area (Å²) in [7, 11) is 0. The molecule has 1 amide bonds. The molecule has 0 unspecified atom stereocenters. The van der Waals surface area contributed by atoms with Crippen LogP contribution < -0.4 is 10.1 Å². The number of aliphatic carboxylic acids is 1. The largest absolute Gasteiger partial charge is 0.484 e. The Morgan fingerprint density at radius 1 is 1.12 bits per heavy atom. The fourth-order valence-electron chi connectivity index (χ4n) is 2.29. The van der Waals surface area contributed by atoms with Crippen molar-refractivity contribution in [3.8, 4) is 11.8 Å². The van der Waals surface area contributed by atoms with Gasteiger partial charge in [0, 0.05) is 0 Å². The number of amides is 1. The van der Waals surface area contributed by atoms with Crippen molar-refractivity contribution in [2.45, 2.75) is 18.9 Å². The van der Waals surface area contributed by atoms with Crippen LogP contribution in [0.5, 0.6) is 5.75 Å². The summed E-state index contributed by atoms with van der Waals surface area (Å²) in [4.78, 5) is 23.1. The first-order valence-corrected chi connectivity index (χ1v) is 7.73. The number of carbonyl (C=O) groups excluding carboxylic acids is 1. The molecule has 0 radical (unpaired) electrons. The van der Waals surface area contributed by atoms with Gasteiger partial charge in [0.15, 0.2) is 6.61 Å². The molecule has 0 aliphatic carbocycles. The van der Waals surface area contributed by atoms with Crippen LogP contribution in [0.15, 0.2) is 54.6 Å². The predicted octanol–water partition coefficient (Wildman–Crippen LogP) is 2.46. The lowest BCUT2D eigenvalue weighted by atomic mass is 10.0. The third-order valence-electron chi connectivity index (χ3n) is 3.49. The minimum Gasteiger partial charge on any atom is -0.484 e. The van der Waals surface area contributed by atoms with Gasteiger partial charge in [-0.1, -0.05) is 42.5 Å². The second-order valence-electron chi connectivity index (χ2n) is 5.40. The van der Waals surface area contributed by atoms with Gasteiger partial charge in [0.2, 0.25) is 0 Å². The van der Waals surface area contributed by atoms with Crippen molar-refractivity contribution in [3.05, 3.63) is 65.7 Å². The number of ether oxygens (including phenoxy) is 1. The number of carboxylic acid groups (broad SMARTS) is 1. The van der Waals surface area contributed by atoms with Crippen LogP contribution in [-0.4, -0.2) is 23.6 Å². The SMILES string of the molecule is N#CCc1ccc(OCC(=O)N[C@@H](CC(=O)O)c2ccccc2)cc1. The quantitative estimate of drug-likeness (QED) is 0.770. The predicted molar refractivity (Wildman–Crippen MR) is 90.8 cm³/mol. The molecule has 128 valence electrons. The zero-order chi connectivity index (χ0) is 18.1. The van der Waals surface area contributed by atoms with Gasteiger partial charge in [-0.2, -0.15) is 5.26 Å². The van der Waals surface area contributed by atoms with Gasteiger partial charge in [-0.15, -0.1) is 0 Å². The van der Waals surface area contributed by atoms with Gasteiger partial charge in [0.1, 0.15) is 5.75 Å². The van der Waals surface area contributed by atoms with Crippen molar-refractivity contribution in [1.29, 1.82) is 5.26 Å². The molecule has 0 saturated heterocycles. The fraction of sp³-hybridized carbons (Fsp3) is 0.211. The van der Waals surface area contributed by atoms with E-state index in [1.165, 1.54) is 0 Å². The van der Waals surface area contributed by atoms with Gasteiger partial charge in [-0.3, -0.25) is 9.59 Å². The summed E-state index contributed by atoms with van der Waals surface area (Å²) in [6.45, 7) is -0.222. The molecular weight excluding hydrogens is 320 g/mol. The van der Waals surface area contributed by atoms with Crippen molar-refractivity contribution in [2.75, 3.05) is 6.61 Å². The Morgan fingerprint density at radius 3 is 2.40 bits per heavy atom. The standard InChI is InChI=1S/C19H18N2O4/c20-11-10-14-6-8-16(9-7-14)25-13-18(22)21-17(12-19(23)24)15-4-2-1-3-5-15/h1-9,17H,10,12-13H2,(H,21,22)(H,23,24)/t17-/m0/s1. The molecular formula is C19H18N2O4. The van der Waals surface area contributed by atoms with Crippen LogP contribution in [0.4, 0.5) is 0 Å². The molecule has 0 aliphatic heterocycles. The van der Waals surface area contributed by atoms with Crippen LogP contribution in [-0.2, 0) is 16.0 Å². The average Bonchev–Trinajstić information content (AvgIpc) is 2.61. The van der Waals surface area contributed by atoms with E-state index >= 15 is 0 Å². The summed E-state index contributed by atoms with van der Waals surface area (Å²) >= 11 is 0. The normalized spacial score (nSPS) is 11.2. The van der Waals surface area contributed by atoms with Gasteiger partial charge in [0.05, 0.1) is 25.0 Å². The third-order valence-corrected chi connectivity index (χ3v) is 3.49. The number of benzene rings is 2. The van der Waals surface area contributed by atoms with Gasteiger partial charge >= 0.3 is 5.97 Å². The minimum absolute atomic E-state index is 0.210. The van der Waals surface area contributed by atoms with Crippen molar-refractivity contribution in [3.63, 3.8) is 0 Å². The molecule has 0 heterocycles. The van der Waals surface area contributed by atoms with E-state index in [0.29, 0.717) is 12.2 Å². The van der Waals surface area contributed by atoms with Crippen LogP contribution in [0.2, 0.25) is 0 Å². The maximum Gasteiger partial charge on any atom is 0.305 e. The fourth-order valence-corrected chi connectivity index (χ4v) is 2.29. The molecule has 2 aromatic carbocycles. The number of nitrogens with one attached hydrogen (secondary N) is 1. The van der Waals surface area contributed by atoms with E-state index in [-0.39, 0.29) is 13.0 Å². The number of carboxylic acids is 1. The first-order valence-electron chi connectivity index (χ1n) is 7.73. The van der Waals surface area contributed by atoms with E-state index in [9.17, 15) is 9.59 Å². The van der Waals surface area contributed by atoms with Crippen LogP contribution in [0, 0.1) is 11.3 Å². The minimum atomic E-state index is -0.997. The Morgan fingerprint density at radius 2 is 1.80 bits per heavy atom. The van der Waals surface area contributed by atoms with Crippen LogP contribution in [0.25, 0.3) is 0 Å².